The third-order valence-corrected chi connectivity index (χ3v) is 1.54. The van der Waals surface area contributed by atoms with Crippen LogP contribution in [0.5, 0.6) is 0 Å². The van der Waals surface area contributed by atoms with E-state index < -0.39 is 0 Å². The minimum absolute atomic E-state index is 0. The second-order valence-electron chi connectivity index (χ2n) is 2.30. The number of rotatable bonds is 2. The summed E-state index contributed by atoms with van der Waals surface area (Å²) in [5.41, 5.74) is 3.88. The van der Waals surface area contributed by atoms with E-state index in [1.807, 2.05) is 0 Å². The number of amides is 1. The van der Waals surface area contributed by atoms with Crippen molar-refractivity contribution < 1.29 is 4.79 Å². The Balaban J connectivity index is 0.00000144. The lowest BCUT2D eigenvalue weighted by molar-refractivity contribution is 0.0963. The van der Waals surface area contributed by atoms with Gasteiger partial charge in [-0.3, -0.25) is 10.6 Å². The first kappa shape index (κ1) is 11.7. The van der Waals surface area contributed by atoms with Crippen molar-refractivity contribution in [2.75, 3.05) is 12.5 Å². The number of nitrogens with one attached hydrogen (secondary N) is 2. The molecular weight excluding hydrogens is 190 g/mol. The number of halogens is 1. The van der Waals surface area contributed by atoms with Gasteiger partial charge in [-0.2, -0.15) is 0 Å². The Morgan fingerprint density at radius 2 is 1.85 bits per heavy atom. The van der Waals surface area contributed by atoms with Gasteiger partial charge in [-0.1, -0.05) is 0 Å². The number of hydrazine groups is 1. The molecule has 4 nitrogen and oxygen atoms in total. The van der Waals surface area contributed by atoms with Crippen molar-refractivity contribution in [3.63, 3.8) is 0 Å². The molecule has 13 heavy (non-hydrogen) atoms. The fourth-order valence-corrected chi connectivity index (χ4v) is 0.862. The summed E-state index contributed by atoms with van der Waals surface area (Å²) in [6.07, 6.45) is 0. The van der Waals surface area contributed by atoms with Crippen molar-refractivity contribution in [2.45, 2.75) is 0 Å². The van der Waals surface area contributed by atoms with Gasteiger partial charge in [0.05, 0.1) is 0 Å². The first-order valence-corrected chi connectivity index (χ1v) is 3.56. The quantitative estimate of drug-likeness (QED) is 0.489. The smallest absolute Gasteiger partial charge is 0.251 e. The summed E-state index contributed by atoms with van der Waals surface area (Å²) >= 11 is 0. The van der Waals surface area contributed by atoms with E-state index in [1.54, 1.807) is 31.3 Å². The molecule has 0 unspecified atom stereocenters. The Morgan fingerprint density at radius 1 is 1.31 bits per heavy atom. The Kier molecular flexibility index (Phi) is 4.87. The number of nitrogen functional groups attached to an aromatic ring is 1. The van der Waals surface area contributed by atoms with Crippen LogP contribution >= 0.6 is 12.4 Å². The van der Waals surface area contributed by atoms with Gasteiger partial charge >= 0.3 is 0 Å². The molecule has 0 aliphatic carbocycles. The summed E-state index contributed by atoms with van der Waals surface area (Å²) in [5.74, 6) is 5.06. The number of hydrogen-bond acceptors (Lipinski definition) is 3. The molecule has 0 saturated carbocycles. The van der Waals surface area contributed by atoms with Crippen LogP contribution in [-0.2, 0) is 0 Å². The summed E-state index contributed by atoms with van der Waals surface area (Å²) in [4.78, 5) is 11.1. The number of nitrogens with two attached hydrogens (primary N) is 1. The van der Waals surface area contributed by atoms with Crippen LogP contribution in [0.3, 0.4) is 0 Å². The molecule has 0 bridgehead atoms. The standard InChI is InChI=1S/C8H11N3O.ClH/c1-10-8(12)6-2-4-7(11-9)5-3-6;/h2-5,11H,9H2,1H3,(H,10,12);1H. The predicted molar refractivity (Wildman–Crippen MR) is 54.9 cm³/mol. The number of benzene rings is 1. The lowest BCUT2D eigenvalue weighted by Crippen LogP contribution is -2.17. The van der Waals surface area contributed by atoms with Gasteiger partial charge < -0.3 is 10.7 Å². The van der Waals surface area contributed by atoms with E-state index in [1.165, 1.54) is 0 Å². The molecule has 0 saturated heterocycles. The topological polar surface area (TPSA) is 67.2 Å². The SMILES string of the molecule is CNC(=O)c1ccc(NN)cc1.Cl. The highest BCUT2D eigenvalue weighted by Crippen LogP contribution is 2.07. The lowest BCUT2D eigenvalue weighted by Gasteiger charge is -2.01. The maximum absolute atomic E-state index is 11.1. The average molecular weight is 202 g/mol. The Bertz CT molecular complexity index is 273. The Labute approximate surface area is 82.9 Å². The van der Waals surface area contributed by atoms with E-state index in [4.69, 9.17) is 5.84 Å². The zero-order chi connectivity index (χ0) is 8.97. The minimum Gasteiger partial charge on any atom is -0.355 e. The number of hydrogen-bond donors (Lipinski definition) is 3. The normalized spacial score (nSPS) is 8.46. The third kappa shape index (κ3) is 2.93. The fourth-order valence-electron chi connectivity index (χ4n) is 0.862. The van der Waals surface area contributed by atoms with Gasteiger partial charge in [0.25, 0.3) is 5.91 Å². The molecule has 0 fully saturated rings. The minimum atomic E-state index is -0.0985. The van der Waals surface area contributed by atoms with Crippen molar-refractivity contribution in [3.8, 4) is 0 Å². The van der Waals surface area contributed by atoms with Crippen LogP contribution in [0.15, 0.2) is 24.3 Å². The van der Waals surface area contributed by atoms with Gasteiger partial charge in [-0.05, 0) is 24.3 Å². The monoisotopic (exact) mass is 201 g/mol. The summed E-state index contributed by atoms with van der Waals surface area (Å²) in [5, 5.41) is 2.53. The molecule has 1 amide bonds. The van der Waals surface area contributed by atoms with Crippen molar-refractivity contribution in [1.82, 2.24) is 5.32 Å². The lowest BCUT2D eigenvalue weighted by atomic mass is 10.2. The second kappa shape index (κ2) is 5.40. The molecule has 0 radical (unpaired) electrons. The van der Waals surface area contributed by atoms with Crippen LogP contribution in [0.4, 0.5) is 5.69 Å². The van der Waals surface area contributed by atoms with Crippen LogP contribution in [0.25, 0.3) is 0 Å². The molecule has 0 aliphatic heterocycles. The highest BCUT2D eigenvalue weighted by atomic mass is 35.5. The zero-order valence-electron chi connectivity index (χ0n) is 7.20. The third-order valence-electron chi connectivity index (χ3n) is 1.54. The highest BCUT2D eigenvalue weighted by Gasteiger charge is 2.00. The van der Waals surface area contributed by atoms with E-state index in [-0.39, 0.29) is 18.3 Å². The van der Waals surface area contributed by atoms with Crippen LogP contribution in [0, 0.1) is 0 Å². The van der Waals surface area contributed by atoms with E-state index in [0.29, 0.717) is 5.56 Å². The van der Waals surface area contributed by atoms with Crippen LogP contribution in [-0.4, -0.2) is 13.0 Å². The molecule has 1 rings (SSSR count). The molecule has 1 aromatic rings. The van der Waals surface area contributed by atoms with Crippen LogP contribution in [0.2, 0.25) is 0 Å². The van der Waals surface area contributed by atoms with Crippen molar-refractivity contribution in [2.24, 2.45) is 5.84 Å². The summed E-state index contributed by atoms with van der Waals surface area (Å²) in [6.45, 7) is 0. The Morgan fingerprint density at radius 3 is 2.23 bits per heavy atom. The molecule has 72 valence electrons. The molecule has 0 atom stereocenters. The van der Waals surface area contributed by atoms with Crippen molar-refractivity contribution in [1.29, 1.82) is 0 Å². The van der Waals surface area contributed by atoms with Gasteiger partial charge in [0.1, 0.15) is 0 Å². The van der Waals surface area contributed by atoms with Crippen molar-refractivity contribution >= 4 is 24.0 Å². The highest BCUT2D eigenvalue weighted by molar-refractivity contribution is 5.94. The molecule has 1 aromatic carbocycles. The van der Waals surface area contributed by atoms with Crippen LogP contribution in [0.1, 0.15) is 10.4 Å². The van der Waals surface area contributed by atoms with Gasteiger partial charge in [-0.25, -0.2) is 0 Å². The van der Waals surface area contributed by atoms with Gasteiger partial charge in [0, 0.05) is 18.3 Å². The molecule has 0 heterocycles. The number of carbonyl (C=O) groups is 1. The van der Waals surface area contributed by atoms with Crippen molar-refractivity contribution in [3.05, 3.63) is 29.8 Å². The van der Waals surface area contributed by atoms with Crippen LogP contribution < -0.4 is 16.6 Å². The van der Waals surface area contributed by atoms with Gasteiger partial charge in [0.2, 0.25) is 0 Å². The largest absolute Gasteiger partial charge is 0.355 e. The molecule has 0 spiro atoms. The van der Waals surface area contributed by atoms with Gasteiger partial charge in [0.15, 0.2) is 0 Å². The summed E-state index contributed by atoms with van der Waals surface area (Å²) in [6, 6.07) is 6.89. The van der Waals surface area contributed by atoms with E-state index in [0.717, 1.165) is 5.69 Å². The number of carbonyl (C=O) groups excluding carboxylic acids is 1. The molecule has 4 N–H and O–H groups in total. The molecule has 5 heteroatoms. The predicted octanol–water partition coefficient (Wildman–Crippen LogP) is 0.754. The van der Waals surface area contributed by atoms with E-state index in [9.17, 15) is 4.79 Å². The maximum atomic E-state index is 11.1. The summed E-state index contributed by atoms with van der Waals surface area (Å²) < 4.78 is 0. The fraction of sp³-hybridized carbons (Fsp3) is 0.125. The van der Waals surface area contributed by atoms with E-state index >= 15 is 0 Å². The first-order valence-electron chi connectivity index (χ1n) is 3.56. The molecule has 0 aliphatic rings. The zero-order valence-corrected chi connectivity index (χ0v) is 8.02. The number of anilines is 1. The first-order chi connectivity index (χ1) is 5.77. The van der Waals surface area contributed by atoms with Gasteiger partial charge in [-0.15, -0.1) is 12.4 Å². The maximum Gasteiger partial charge on any atom is 0.251 e. The molecular formula is C8H12ClN3O. The van der Waals surface area contributed by atoms with E-state index in [2.05, 4.69) is 10.7 Å². The second-order valence-corrected chi connectivity index (χ2v) is 2.30. The molecule has 0 aromatic heterocycles. The average Bonchev–Trinajstić information content (AvgIpc) is 2.17. The Hall–Kier alpha value is -1.26. The summed E-state index contributed by atoms with van der Waals surface area (Å²) in [7, 11) is 1.59.